The van der Waals surface area contributed by atoms with E-state index in [2.05, 4.69) is 6.07 Å². The van der Waals surface area contributed by atoms with Gasteiger partial charge in [0.25, 0.3) is 0 Å². The average Bonchev–Trinajstić information content (AvgIpc) is 3.44. The van der Waals surface area contributed by atoms with Gasteiger partial charge >= 0.3 is 5.97 Å². The molecule has 0 radical (unpaired) electrons. The molecule has 2 aromatic rings. The van der Waals surface area contributed by atoms with Crippen molar-refractivity contribution in [1.29, 1.82) is 0 Å². The van der Waals surface area contributed by atoms with E-state index < -0.39 is 5.97 Å². The molecule has 0 atom stereocenters. The van der Waals surface area contributed by atoms with E-state index in [4.69, 9.17) is 4.74 Å². The van der Waals surface area contributed by atoms with Gasteiger partial charge in [0, 0.05) is 0 Å². The Balaban J connectivity index is 1.51. The van der Waals surface area contributed by atoms with Crippen LogP contribution in [0.25, 0.3) is 6.08 Å². The van der Waals surface area contributed by atoms with Gasteiger partial charge in [-0.15, -0.1) is 0 Å². The molecule has 0 aromatic heterocycles. The molecule has 0 heterocycles. The topological polar surface area (TPSA) is 43.4 Å². The first-order chi connectivity index (χ1) is 11.7. The fourth-order valence-corrected chi connectivity index (χ4v) is 2.60. The third kappa shape index (κ3) is 4.66. The molecule has 3 nitrogen and oxygen atoms in total. The van der Waals surface area contributed by atoms with Gasteiger partial charge in [-0.25, -0.2) is 0 Å². The number of carbonyl (C=O) groups is 2. The lowest BCUT2D eigenvalue weighted by Gasteiger charge is -2.04. The second kappa shape index (κ2) is 7.73. The van der Waals surface area contributed by atoms with E-state index in [9.17, 15) is 9.59 Å². The third-order valence-corrected chi connectivity index (χ3v) is 4.02. The number of carbonyl (C=O) groups excluding carboxylic acids is 2. The van der Waals surface area contributed by atoms with Crippen LogP contribution in [0.4, 0.5) is 0 Å². The second-order valence-electron chi connectivity index (χ2n) is 6.03. The van der Waals surface area contributed by atoms with Crippen molar-refractivity contribution in [3.8, 4) is 0 Å². The third-order valence-electron chi connectivity index (χ3n) is 4.02. The van der Waals surface area contributed by atoms with Crippen molar-refractivity contribution in [2.45, 2.75) is 31.8 Å². The number of esters is 1. The maximum absolute atomic E-state index is 11.9. The molecular weight excluding hydrogens is 300 g/mol. The zero-order valence-corrected chi connectivity index (χ0v) is 13.5. The van der Waals surface area contributed by atoms with Gasteiger partial charge in [0.15, 0.2) is 5.78 Å². The smallest absolute Gasteiger partial charge is 0.314 e. The van der Waals surface area contributed by atoms with Crippen LogP contribution in [0.15, 0.2) is 60.7 Å². The summed E-state index contributed by atoms with van der Waals surface area (Å²) < 4.78 is 5.13. The Labute approximate surface area is 142 Å². The Morgan fingerprint density at radius 1 is 1.00 bits per heavy atom. The molecule has 0 bridgehead atoms. The molecule has 2 aromatic carbocycles. The summed E-state index contributed by atoms with van der Waals surface area (Å²) >= 11 is 0. The summed E-state index contributed by atoms with van der Waals surface area (Å²) in [6.07, 6.45) is 5.48. The minimum absolute atomic E-state index is 0.196. The number of rotatable bonds is 7. The average molecular weight is 320 g/mol. The molecule has 122 valence electrons. The van der Waals surface area contributed by atoms with Gasteiger partial charge < -0.3 is 4.74 Å². The highest BCUT2D eigenvalue weighted by Crippen LogP contribution is 2.41. The van der Waals surface area contributed by atoms with E-state index in [1.54, 1.807) is 6.08 Å². The lowest BCUT2D eigenvalue weighted by atomic mass is 10.0. The lowest BCUT2D eigenvalue weighted by Crippen LogP contribution is -2.09. The van der Waals surface area contributed by atoms with Crippen LogP contribution < -0.4 is 0 Å². The molecule has 1 fully saturated rings. The van der Waals surface area contributed by atoms with Crippen LogP contribution in [-0.4, -0.2) is 11.8 Å². The maximum atomic E-state index is 11.9. The van der Waals surface area contributed by atoms with Crippen LogP contribution >= 0.6 is 0 Å². The van der Waals surface area contributed by atoms with Crippen LogP contribution in [0, 0.1) is 0 Å². The lowest BCUT2D eigenvalue weighted by molar-refractivity contribution is -0.146. The van der Waals surface area contributed by atoms with E-state index in [1.165, 1.54) is 24.5 Å². The van der Waals surface area contributed by atoms with Crippen molar-refractivity contribution in [2.24, 2.45) is 0 Å². The maximum Gasteiger partial charge on any atom is 0.314 e. The molecule has 1 aliphatic carbocycles. The Kier molecular flexibility index (Phi) is 5.22. The predicted octanol–water partition coefficient (Wildman–Crippen LogP) is 4.28. The fourth-order valence-electron chi connectivity index (χ4n) is 2.60. The Morgan fingerprint density at radius 2 is 1.71 bits per heavy atom. The standard InChI is InChI=1S/C21H20O3/c22-19(14-21(23)24-15-16-6-2-1-3-7-16)13-12-17-8-4-5-9-20(17)18-10-11-18/h1-9,12-13,18H,10-11,14-15H2. The van der Waals surface area contributed by atoms with E-state index >= 15 is 0 Å². The Hall–Kier alpha value is -2.68. The predicted molar refractivity (Wildman–Crippen MR) is 93.3 cm³/mol. The minimum Gasteiger partial charge on any atom is -0.460 e. The van der Waals surface area contributed by atoms with Gasteiger partial charge in [-0.3, -0.25) is 9.59 Å². The van der Waals surface area contributed by atoms with Gasteiger partial charge in [-0.05, 0) is 41.5 Å². The van der Waals surface area contributed by atoms with E-state index in [1.807, 2.05) is 48.5 Å². The van der Waals surface area contributed by atoms with Gasteiger partial charge in [0.1, 0.15) is 13.0 Å². The number of ether oxygens (including phenoxy) is 1. The Bertz CT molecular complexity index is 743. The van der Waals surface area contributed by atoms with Crippen molar-refractivity contribution in [1.82, 2.24) is 0 Å². The summed E-state index contributed by atoms with van der Waals surface area (Å²) in [6.45, 7) is 0.196. The molecule has 24 heavy (non-hydrogen) atoms. The molecule has 3 heteroatoms. The Morgan fingerprint density at radius 3 is 2.46 bits per heavy atom. The molecule has 0 aliphatic heterocycles. The van der Waals surface area contributed by atoms with Crippen LogP contribution in [0.2, 0.25) is 0 Å². The molecule has 0 unspecified atom stereocenters. The SMILES string of the molecule is O=C(C=Cc1ccccc1C1CC1)CC(=O)OCc1ccccc1. The van der Waals surface area contributed by atoms with Crippen molar-refractivity contribution in [2.75, 3.05) is 0 Å². The van der Waals surface area contributed by atoms with Crippen LogP contribution in [0.1, 0.15) is 41.9 Å². The summed E-state index contributed by atoms with van der Waals surface area (Å²) in [7, 11) is 0. The molecule has 0 amide bonds. The number of hydrogen-bond acceptors (Lipinski definition) is 3. The first-order valence-electron chi connectivity index (χ1n) is 8.22. The van der Waals surface area contributed by atoms with Crippen LogP contribution in [-0.2, 0) is 20.9 Å². The first-order valence-corrected chi connectivity index (χ1v) is 8.22. The van der Waals surface area contributed by atoms with E-state index in [-0.39, 0.29) is 18.8 Å². The zero-order valence-electron chi connectivity index (χ0n) is 13.5. The molecule has 3 rings (SSSR count). The van der Waals surface area contributed by atoms with E-state index in [0.717, 1.165) is 11.1 Å². The zero-order chi connectivity index (χ0) is 16.8. The molecule has 1 saturated carbocycles. The molecule has 0 N–H and O–H groups in total. The highest BCUT2D eigenvalue weighted by molar-refractivity contribution is 6.04. The first kappa shape index (κ1) is 16.2. The van der Waals surface area contributed by atoms with Crippen molar-refractivity contribution < 1.29 is 14.3 Å². The summed E-state index contributed by atoms with van der Waals surface area (Å²) in [6, 6.07) is 17.5. The molecule has 0 spiro atoms. The summed E-state index contributed by atoms with van der Waals surface area (Å²) in [4.78, 5) is 23.7. The summed E-state index contributed by atoms with van der Waals surface area (Å²) in [5.41, 5.74) is 3.26. The van der Waals surface area contributed by atoms with Gasteiger partial charge in [0.05, 0.1) is 0 Å². The number of benzene rings is 2. The van der Waals surface area contributed by atoms with Gasteiger partial charge in [0.2, 0.25) is 0 Å². The molecule has 0 saturated heterocycles. The number of hydrogen-bond donors (Lipinski definition) is 0. The summed E-state index contributed by atoms with van der Waals surface area (Å²) in [5, 5.41) is 0. The van der Waals surface area contributed by atoms with Crippen molar-refractivity contribution in [3.63, 3.8) is 0 Å². The summed E-state index contributed by atoms with van der Waals surface area (Å²) in [5.74, 6) is -0.112. The second-order valence-corrected chi connectivity index (χ2v) is 6.03. The quantitative estimate of drug-likeness (QED) is 0.434. The number of ketones is 1. The highest BCUT2D eigenvalue weighted by atomic mass is 16.5. The van der Waals surface area contributed by atoms with Crippen molar-refractivity contribution >= 4 is 17.8 Å². The van der Waals surface area contributed by atoms with Crippen molar-refractivity contribution in [3.05, 3.63) is 77.4 Å². The fraction of sp³-hybridized carbons (Fsp3) is 0.238. The molecule has 1 aliphatic rings. The van der Waals surface area contributed by atoms with E-state index in [0.29, 0.717) is 5.92 Å². The van der Waals surface area contributed by atoms with Crippen LogP contribution in [0.5, 0.6) is 0 Å². The minimum atomic E-state index is -0.496. The number of allylic oxidation sites excluding steroid dienone is 1. The molecular formula is C21H20O3. The van der Waals surface area contributed by atoms with Gasteiger partial charge in [-0.2, -0.15) is 0 Å². The monoisotopic (exact) mass is 320 g/mol. The highest BCUT2D eigenvalue weighted by Gasteiger charge is 2.24. The van der Waals surface area contributed by atoms with Gasteiger partial charge in [-0.1, -0.05) is 60.7 Å². The largest absolute Gasteiger partial charge is 0.460 e. The normalized spacial score (nSPS) is 13.8. The van der Waals surface area contributed by atoms with Crippen LogP contribution in [0.3, 0.4) is 0 Å².